The Labute approximate surface area is 173 Å². The van der Waals surface area contributed by atoms with Crippen LogP contribution in [0.15, 0.2) is 41.2 Å². The van der Waals surface area contributed by atoms with Crippen LogP contribution in [0.5, 0.6) is 0 Å². The number of aromatic nitrogens is 1. The number of nitrogens with one attached hydrogen (secondary N) is 1. The minimum atomic E-state index is -3.70. The molecule has 1 N–H and O–H groups in total. The van der Waals surface area contributed by atoms with Gasteiger partial charge in [0.2, 0.25) is 15.9 Å². The molecule has 0 unspecified atom stereocenters. The normalized spacial score (nSPS) is 12.7. The van der Waals surface area contributed by atoms with Gasteiger partial charge in [-0.1, -0.05) is 17.4 Å². The van der Waals surface area contributed by atoms with Gasteiger partial charge in [-0.3, -0.25) is 13.9 Å². The quantitative estimate of drug-likeness (QED) is 0.670. The van der Waals surface area contributed by atoms with E-state index in [2.05, 4.69) is 5.32 Å². The molecule has 1 amide bonds. The molecule has 2 aromatic carbocycles. The summed E-state index contributed by atoms with van der Waals surface area (Å²) in [5.74, 6) is -0.461. The van der Waals surface area contributed by atoms with Gasteiger partial charge in [0.05, 0.1) is 22.2 Å². The molecule has 29 heavy (non-hydrogen) atoms. The van der Waals surface area contributed by atoms with E-state index < -0.39 is 22.0 Å². The number of benzene rings is 2. The second-order valence-corrected chi connectivity index (χ2v) is 10.0. The molecule has 0 aliphatic heterocycles. The van der Waals surface area contributed by atoms with Crippen LogP contribution in [0.1, 0.15) is 18.1 Å². The number of sulfonamides is 1. The summed E-state index contributed by atoms with van der Waals surface area (Å²) < 4.78 is 28.4. The highest BCUT2D eigenvalue weighted by atomic mass is 32.2. The molecule has 1 aromatic heterocycles. The molecule has 0 saturated carbocycles. The lowest BCUT2D eigenvalue weighted by molar-refractivity contribution is -0.116. The monoisotopic (exact) mass is 433 g/mol. The molecule has 0 spiro atoms. The van der Waals surface area contributed by atoms with Gasteiger partial charge in [0, 0.05) is 12.7 Å². The molecular formula is C20H23N3O4S2. The number of carbonyl (C=O) groups excluding carboxylic acids is 1. The van der Waals surface area contributed by atoms with Crippen molar-refractivity contribution in [3.8, 4) is 0 Å². The minimum absolute atomic E-state index is 0.0880. The lowest BCUT2D eigenvalue weighted by atomic mass is 10.1. The molecule has 154 valence electrons. The standard InChI is InChI=1S/C20H23N3O4S2/c1-12-8-13(2)10-16(9-12)23(29(5,26)27)14(3)19(24)21-15-6-7-17-18(11-15)28-20(25)22(17)4/h6-11,14H,1-5H3,(H,21,24)/t14-/m1/s1. The zero-order valence-corrected chi connectivity index (χ0v) is 18.5. The van der Waals surface area contributed by atoms with Crippen molar-refractivity contribution < 1.29 is 13.2 Å². The third kappa shape index (κ3) is 4.35. The number of fused-ring (bicyclic) bond motifs is 1. The number of hydrogen-bond acceptors (Lipinski definition) is 5. The van der Waals surface area contributed by atoms with Crippen molar-refractivity contribution in [2.24, 2.45) is 7.05 Å². The second-order valence-electron chi connectivity index (χ2n) is 7.18. The number of aryl methyl sites for hydroxylation is 3. The first-order valence-electron chi connectivity index (χ1n) is 8.95. The third-order valence-corrected chi connectivity index (χ3v) is 6.85. The van der Waals surface area contributed by atoms with Gasteiger partial charge in [-0.25, -0.2) is 8.42 Å². The van der Waals surface area contributed by atoms with E-state index in [4.69, 9.17) is 0 Å². The largest absolute Gasteiger partial charge is 0.324 e. The Morgan fingerprint density at radius 1 is 1.14 bits per heavy atom. The molecule has 1 heterocycles. The average molecular weight is 434 g/mol. The number of rotatable bonds is 5. The predicted molar refractivity (Wildman–Crippen MR) is 118 cm³/mol. The van der Waals surface area contributed by atoms with Gasteiger partial charge in [0.15, 0.2) is 0 Å². The van der Waals surface area contributed by atoms with Crippen LogP contribution >= 0.6 is 11.3 Å². The summed E-state index contributed by atoms with van der Waals surface area (Å²) in [4.78, 5) is 24.6. The van der Waals surface area contributed by atoms with Crippen molar-refractivity contribution in [3.05, 3.63) is 57.2 Å². The minimum Gasteiger partial charge on any atom is -0.324 e. The second kappa shape index (κ2) is 7.64. The Hall–Kier alpha value is -2.65. The lowest BCUT2D eigenvalue weighted by Crippen LogP contribution is -2.45. The fraction of sp³-hybridized carbons (Fsp3) is 0.300. The smallest absolute Gasteiger partial charge is 0.307 e. The molecule has 7 nitrogen and oxygen atoms in total. The first-order valence-corrected chi connectivity index (χ1v) is 11.6. The summed E-state index contributed by atoms with van der Waals surface area (Å²) in [7, 11) is -2.01. The number of thiazole rings is 1. The molecule has 0 bridgehead atoms. The maximum atomic E-state index is 12.9. The average Bonchev–Trinajstić information content (AvgIpc) is 2.86. The van der Waals surface area contributed by atoms with Crippen LogP contribution in [-0.4, -0.2) is 31.2 Å². The van der Waals surface area contributed by atoms with Crippen LogP contribution in [0, 0.1) is 13.8 Å². The van der Waals surface area contributed by atoms with Gasteiger partial charge in [-0.2, -0.15) is 0 Å². The molecule has 0 radical (unpaired) electrons. The van der Waals surface area contributed by atoms with Gasteiger partial charge in [-0.15, -0.1) is 0 Å². The highest BCUT2D eigenvalue weighted by Crippen LogP contribution is 2.25. The molecule has 0 saturated heterocycles. The van der Waals surface area contributed by atoms with E-state index in [9.17, 15) is 18.0 Å². The maximum Gasteiger partial charge on any atom is 0.307 e. The van der Waals surface area contributed by atoms with Gasteiger partial charge >= 0.3 is 4.87 Å². The first-order chi connectivity index (χ1) is 13.5. The van der Waals surface area contributed by atoms with E-state index in [-0.39, 0.29) is 4.87 Å². The Bertz CT molecular complexity index is 1240. The number of nitrogens with zero attached hydrogens (tertiary/aromatic N) is 2. The maximum absolute atomic E-state index is 12.9. The lowest BCUT2D eigenvalue weighted by Gasteiger charge is -2.28. The van der Waals surface area contributed by atoms with Crippen molar-refractivity contribution in [1.29, 1.82) is 0 Å². The molecule has 3 aromatic rings. The summed E-state index contributed by atoms with van der Waals surface area (Å²) in [6, 6.07) is 9.63. The summed E-state index contributed by atoms with van der Waals surface area (Å²) in [5.41, 5.74) is 3.55. The van der Waals surface area contributed by atoms with E-state index >= 15 is 0 Å². The van der Waals surface area contributed by atoms with Crippen molar-refractivity contribution in [2.75, 3.05) is 15.9 Å². The highest BCUT2D eigenvalue weighted by molar-refractivity contribution is 7.92. The van der Waals surface area contributed by atoms with Crippen LogP contribution in [0.4, 0.5) is 11.4 Å². The van der Waals surface area contributed by atoms with Crippen molar-refractivity contribution >= 4 is 48.9 Å². The summed E-state index contributed by atoms with van der Waals surface area (Å²) in [5, 5.41) is 2.76. The SMILES string of the molecule is Cc1cc(C)cc(N([C@H](C)C(=O)Nc2ccc3c(c2)sc(=O)n3C)S(C)(=O)=O)c1. The Kier molecular flexibility index (Phi) is 5.55. The summed E-state index contributed by atoms with van der Waals surface area (Å²) in [6.45, 7) is 5.30. The van der Waals surface area contributed by atoms with Crippen LogP contribution in [-0.2, 0) is 21.9 Å². The van der Waals surface area contributed by atoms with Gasteiger partial charge in [0.1, 0.15) is 6.04 Å². The molecule has 3 rings (SSSR count). The van der Waals surface area contributed by atoms with Crippen LogP contribution in [0.2, 0.25) is 0 Å². The van der Waals surface area contributed by atoms with Crippen LogP contribution < -0.4 is 14.5 Å². The van der Waals surface area contributed by atoms with Gasteiger partial charge in [-0.05, 0) is 62.2 Å². The number of carbonyl (C=O) groups is 1. The molecule has 9 heteroatoms. The van der Waals surface area contributed by atoms with E-state index in [1.807, 2.05) is 19.9 Å². The Morgan fingerprint density at radius 3 is 2.34 bits per heavy atom. The zero-order valence-electron chi connectivity index (χ0n) is 16.9. The third-order valence-electron chi connectivity index (χ3n) is 4.61. The molecule has 1 atom stereocenters. The molecule has 0 fully saturated rings. The predicted octanol–water partition coefficient (Wildman–Crippen LogP) is 3.01. The fourth-order valence-electron chi connectivity index (χ4n) is 3.34. The molecule has 0 aliphatic rings. The molecule has 0 aliphatic carbocycles. The molecular weight excluding hydrogens is 410 g/mol. The fourth-order valence-corrected chi connectivity index (χ4v) is 5.42. The van der Waals surface area contributed by atoms with Crippen molar-refractivity contribution in [2.45, 2.75) is 26.8 Å². The van der Waals surface area contributed by atoms with Crippen molar-refractivity contribution in [1.82, 2.24) is 4.57 Å². The first kappa shape index (κ1) is 21.1. The van der Waals surface area contributed by atoms with Crippen LogP contribution in [0.3, 0.4) is 0 Å². The number of amides is 1. The Balaban J connectivity index is 1.93. The summed E-state index contributed by atoms with van der Waals surface area (Å²) >= 11 is 1.09. The highest BCUT2D eigenvalue weighted by Gasteiger charge is 2.29. The number of anilines is 2. The van der Waals surface area contributed by atoms with Gasteiger partial charge < -0.3 is 9.88 Å². The number of hydrogen-bond donors (Lipinski definition) is 1. The van der Waals surface area contributed by atoms with E-state index in [0.29, 0.717) is 11.4 Å². The van der Waals surface area contributed by atoms with Gasteiger partial charge in [0.25, 0.3) is 0 Å². The van der Waals surface area contributed by atoms with Crippen molar-refractivity contribution in [3.63, 3.8) is 0 Å². The summed E-state index contributed by atoms with van der Waals surface area (Å²) in [6.07, 6.45) is 1.09. The Morgan fingerprint density at radius 2 is 1.76 bits per heavy atom. The zero-order chi connectivity index (χ0) is 21.5. The van der Waals surface area contributed by atoms with E-state index in [1.165, 1.54) is 0 Å². The van der Waals surface area contributed by atoms with E-state index in [1.54, 1.807) is 48.9 Å². The topological polar surface area (TPSA) is 88.5 Å². The van der Waals surface area contributed by atoms with Crippen LogP contribution in [0.25, 0.3) is 10.2 Å². The van der Waals surface area contributed by atoms with E-state index in [0.717, 1.165) is 43.2 Å².